The van der Waals surface area contributed by atoms with E-state index in [-0.39, 0.29) is 0 Å². The number of oxazole rings is 1. The molecular weight excluding hydrogens is 406 g/mol. The molecule has 0 saturated heterocycles. The van der Waals surface area contributed by atoms with Gasteiger partial charge >= 0.3 is 5.97 Å². The van der Waals surface area contributed by atoms with Crippen molar-refractivity contribution in [3.8, 4) is 23.0 Å². The van der Waals surface area contributed by atoms with Gasteiger partial charge in [-0.2, -0.15) is 0 Å². The number of hydrogen-bond acceptors (Lipinski definition) is 6. The van der Waals surface area contributed by atoms with Crippen LogP contribution in [0.15, 0.2) is 52.9 Å². The molecule has 0 bridgehead atoms. The van der Waals surface area contributed by atoms with Crippen LogP contribution < -0.4 is 9.47 Å². The normalized spacial score (nSPS) is 11.3. The zero-order chi connectivity index (χ0) is 23.1. The van der Waals surface area contributed by atoms with E-state index in [0.29, 0.717) is 37.0 Å². The van der Waals surface area contributed by atoms with Crippen molar-refractivity contribution in [2.45, 2.75) is 53.1 Å². The molecule has 6 heteroatoms. The fraction of sp³-hybridized carbons (Fsp3) is 0.385. The average Bonchev–Trinajstić information content (AvgIpc) is 3.15. The maximum atomic E-state index is 12.0. The quantitative estimate of drug-likeness (QED) is 0.387. The molecule has 0 aliphatic carbocycles. The Labute approximate surface area is 189 Å². The van der Waals surface area contributed by atoms with Crippen LogP contribution in [0, 0.1) is 6.92 Å². The van der Waals surface area contributed by atoms with Gasteiger partial charge in [0, 0.05) is 12.0 Å². The van der Waals surface area contributed by atoms with Gasteiger partial charge in [0.1, 0.15) is 17.3 Å². The summed E-state index contributed by atoms with van der Waals surface area (Å²) in [6.07, 6.45) is 1.61. The Morgan fingerprint density at radius 2 is 1.78 bits per heavy atom. The Bertz CT molecular complexity index is 1040. The van der Waals surface area contributed by atoms with E-state index >= 15 is 0 Å². The standard InChI is InChI=1S/C26H31NO5/c1-6-19-9-8-10-20(17-19)24-27-23(18(3)31-24)15-16-30-21-11-13-22(14-12-21)32-26(4,5)25(28)29-7-2/h8-14,17H,6-7,15-16H2,1-5H3. The fourth-order valence-electron chi connectivity index (χ4n) is 3.22. The predicted octanol–water partition coefficient (Wildman–Crippen LogP) is 5.55. The molecular formula is C26H31NO5. The van der Waals surface area contributed by atoms with Gasteiger partial charge in [-0.25, -0.2) is 9.78 Å². The Morgan fingerprint density at radius 1 is 1.06 bits per heavy atom. The van der Waals surface area contributed by atoms with Crippen LogP contribution in [0.4, 0.5) is 0 Å². The first kappa shape index (κ1) is 23.4. The zero-order valence-corrected chi connectivity index (χ0v) is 19.4. The summed E-state index contributed by atoms with van der Waals surface area (Å²) in [5.41, 5.74) is 2.07. The van der Waals surface area contributed by atoms with Gasteiger partial charge < -0.3 is 18.6 Å². The fourth-order valence-corrected chi connectivity index (χ4v) is 3.22. The molecule has 0 spiro atoms. The van der Waals surface area contributed by atoms with E-state index in [9.17, 15) is 4.79 Å². The summed E-state index contributed by atoms with van der Waals surface area (Å²) < 4.78 is 22.6. The van der Waals surface area contributed by atoms with E-state index in [2.05, 4.69) is 24.0 Å². The second-order valence-corrected chi connectivity index (χ2v) is 7.98. The number of esters is 1. The third-order valence-electron chi connectivity index (χ3n) is 5.05. The van der Waals surface area contributed by atoms with Crippen molar-refractivity contribution >= 4 is 5.97 Å². The summed E-state index contributed by atoms with van der Waals surface area (Å²) >= 11 is 0. The maximum absolute atomic E-state index is 12.0. The van der Waals surface area contributed by atoms with Crippen LogP contribution in [0.3, 0.4) is 0 Å². The van der Waals surface area contributed by atoms with Crippen molar-refractivity contribution in [3.05, 3.63) is 65.5 Å². The minimum Gasteiger partial charge on any atom is -0.493 e. The zero-order valence-electron chi connectivity index (χ0n) is 19.4. The van der Waals surface area contributed by atoms with Crippen LogP contribution in [-0.2, 0) is 22.4 Å². The van der Waals surface area contributed by atoms with Crippen molar-refractivity contribution in [2.24, 2.45) is 0 Å². The van der Waals surface area contributed by atoms with E-state index in [1.165, 1.54) is 5.56 Å². The third kappa shape index (κ3) is 5.90. The molecule has 0 fully saturated rings. The molecule has 0 N–H and O–H groups in total. The lowest BCUT2D eigenvalue weighted by molar-refractivity contribution is -0.158. The minimum atomic E-state index is -1.06. The second kappa shape index (κ2) is 10.4. The molecule has 32 heavy (non-hydrogen) atoms. The highest BCUT2D eigenvalue weighted by atomic mass is 16.6. The lowest BCUT2D eigenvalue weighted by atomic mass is 10.1. The van der Waals surface area contributed by atoms with Gasteiger partial charge in [-0.15, -0.1) is 0 Å². The van der Waals surface area contributed by atoms with E-state index in [1.54, 1.807) is 32.9 Å². The minimum absolute atomic E-state index is 0.315. The lowest BCUT2D eigenvalue weighted by Crippen LogP contribution is -2.39. The largest absolute Gasteiger partial charge is 0.493 e. The SMILES string of the molecule is CCOC(=O)C(C)(C)Oc1ccc(OCCc2nc(-c3cccc(CC)c3)oc2C)cc1. The topological polar surface area (TPSA) is 70.8 Å². The summed E-state index contributed by atoms with van der Waals surface area (Å²) in [6.45, 7) is 9.97. The number of aromatic nitrogens is 1. The van der Waals surface area contributed by atoms with Crippen molar-refractivity contribution < 1.29 is 23.4 Å². The summed E-state index contributed by atoms with van der Waals surface area (Å²) in [6, 6.07) is 15.4. The molecule has 3 aromatic rings. The van der Waals surface area contributed by atoms with Gasteiger partial charge in [-0.05, 0) is 76.1 Å². The lowest BCUT2D eigenvalue weighted by Gasteiger charge is -2.24. The number of hydrogen-bond donors (Lipinski definition) is 0. The summed E-state index contributed by atoms with van der Waals surface area (Å²) in [7, 11) is 0. The molecule has 0 radical (unpaired) electrons. The van der Waals surface area contributed by atoms with Gasteiger partial charge in [-0.1, -0.05) is 19.1 Å². The summed E-state index contributed by atoms with van der Waals surface area (Å²) in [5.74, 6) is 2.32. The maximum Gasteiger partial charge on any atom is 0.349 e. The molecule has 0 saturated carbocycles. The van der Waals surface area contributed by atoms with E-state index < -0.39 is 11.6 Å². The van der Waals surface area contributed by atoms with Crippen molar-refractivity contribution in [2.75, 3.05) is 13.2 Å². The number of carbonyl (C=O) groups is 1. The molecule has 6 nitrogen and oxygen atoms in total. The molecule has 3 rings (SSSR count). The highest BCUT2D eigenvalue weighted by Gasteiger charge is 2.31. The van der Waals surface area contributed by atoms with Gasteiger partial charge in [0.15, 0.2) is 5.60 Å². The van der Waals surface area contributed by atoms with Crippen LogP contribution >= 0.6 is 0 Å². The van der Waals surface area contributed by atoms with Crippen LogP contribution in [0.25, 0.3) is 11.5 Å². The summed E-state index contributed by atoms with van der Waals surface area (Å²) in [5, 5.41) is 0. The molecule has 0 atom stereocenters. The highest BCUT2D eigenvalue weighted by molar-refractivity contribution is 5.79. The van der Waals surface area contributed by atoms with Gasteiger partial charge in [0.2, 0.25) is 5.89 Å². The van der Waals surface area contributed by atoms with Crippen LogP contribution in [0.2, 0.25) is 0 Å². The van der Waals surface area contributed by atoms with E-state index in [4.69, 9.17) is 18.6 Å². The van der Waals surface area contributed by atoms with Crippen molar-refractivity contribution in [3.63, 3.8) is 0 Å². The molecule has 1 heterocycles. The van der Waals surface area contributed by atoms with Crippen molar-refractivity contribution in [1.82, 2.24) is 4.98 Å². The van der Waals surface area contributed by atoms with Gasteiger partial charge in [0.05, 0.1) is 18.9 Å². The third-order valence-corrected chi connectivity index (χ3v) is 5.05. The van der Waals surface area contributed by atoms with Gasteiger partial charge in [0.25, 0.3) is 0 Å². The molecule has 170 valence electrons. The average molecular weight is 438 g/mol. The number of aryl methyl sites for hydroxylation is 2. The molecule has 0 amide bonds. The molecule has 1 aromatic heterocycles. The number of carbonyl (C=O) groups excluding carboxylic acids is 1. The molecule has 0 aliphatic rings. The monoisotopic (exact) mass is 437 g/mol. The number of benzene rings is 2. The Kier molecular flexibility index (Phi) is 7.57. The van der Waals surface area contributed by atoms with Crippen LogP contribution in [-0.4, -0.2) is 29.8 Å². The van der Waals surface area contributed by atoms with E-state index in [0.717, 1.165) is 23.4 Å². The molecule has 2 aromatic carbocycles. The van der Waals surface area contributed by atoms with E-state index in [1.807, 2.05) is 31.2 Å². The number of rotatable bonds is 10. The first-order valence-corrected chi connectivity index (χ1v) is 11.0. The molecule has 0 aliphatic heterocycles. The highest BCUT2D eigenvalue weighted by Crippen LogP contribution is 2.25. The Balaban J connectivity index is 1.55. The van der Waals surface area contributed by atoms with Crippen LogP contribution in [0.1, 0.15) is 44.7 Å². The smallest absolute Gasteiger partial charge is 0.349 e. The first-order chi connectivity index (χ1) is 15.3. The summed E-state index contributed by atoms with van der Waals surface area (Å²) in [4.78, 5) is 16.6. The van der Waals surface area contributed by atoms with Crippen LogP contribution in [0.5, 0.6) is 11.5 Å². The first-order valence-electron chi connectivity index (χ1n) is 11.0. The Hall–Kier alpha value is -3.28. The predicted molar refractivity (Wildman–Crippen MR) is 123 cm³/mol. The van der Waals surface area contributed by atoms with Crippen molar-refractivity contribution in [1.29, 1.82) is 0 Å². The number of ether oxygens (including phenoxy) is 3. The van der Waals surface area contributed by atoms with Gasteiger partial charge in [-0.3, -0.25) is 0 Å². The number of nitrogens with zero attached hydrogens (tertiary/aromatic N) is 1. The Morgan fingerprint density at radius 3 is 2.47 bits per heavy atom. The second-order valence-electron chi connectivity index (χ2n) is 7.98. The molecule has 0 unspecified atom stereocenters.